The normalized spacial score (nSPS) is 23.0. The summed E-state index contributed by atoms with van der Waals surface area (Å²) < 4.78 is 68.1. The van der Waals surface area contributed by atoms with E-state index in [0.29, 0.717) is 11.1 Å². The molecule has 1 atom stereocenters. The SMILES string of the molecule is CN1C(NC(=O)OCC(F)(F)F)=C(c2ccccc2)C(C2CC(F)(F)C2)N1C. The summed E-state index contributed by atoms with van der Waals surface area (Å²) in [5.74, 6) is -2.88. The number of hydrogen-bond donors (Lipinski definition) is 1. The van der Waals surface area contributed by atoms with Crippen molar-refractivity contribution in [3.05, 3.63) is 41.7 Å². The van der Waals surface area contributed by atoms with Crippen LogP contribution in [0.15, 0.2) is 36.2 Å². The predicted octanol–water partition coefficient (Wildman–Crippen LogP) is 3.85. The van der Waals surface area contributed by atoms with Gasteiger partial charge in [0.05, 0.1) is 6.04 Å². The van der Waals surface area contributed by atoms with Gasteiger partial charge in [0.25, 0.3) is 0 Å². The van der Waals surface area contributed by atoms with Gasteiger partial charge in [-0.05, 0) is 11.5 Å². The predicted molar refractivity (Wildman–Crippen MR) is 90.9 cm³/mol. The van der Waals surface area contributed by atoms with Gasteiger partial charge in [-0.15, -0.1) is 0 Å². The van der Waals surface area contributed by atoms with Gasteiger partial charge < -0.3 is 4.74 Å². The number of likely N-dealkylation sites (N-methyl/N-ethyl adjacent to an activating group) is 1. The van der Waals surface area contributed by atoms with Crippen LogP contribution >= 0.6 is 0 Å². The zero-order chi connectivity index (χ0) is 20.7. The summed E-state index contributed by atoms with van der Waals surface area (Å²) in [6.45, 7) is -1.72. The Morgan fingerprint density at radius 2 is 1.82 bits per heavy atom. The molecule has 1 heterocycles. The van der Waals surface area contributed by atoms with Crippen LogP contribution in [-0.4, -0.2) is 55.0 Å². The second-order valence-electron chi connectivity index (χ2n) is 7.01. The average Bonchev–Trinajstić information content (AvgIpc) is 2.83. The number of halogens is 5. The molecule has 1 aromatic rings. The van der Waals surface area contributed by atoms with Crippen LogP contribution in [-0.2, 0) is 4.74 Å². The van der Waals surface area contributed by atoms with Crippen molar-refractivity contribution in [2.45, 2.75) is 31.0 Å². The van der Waals surface area contributed by atoms with Gasteiger partial charge in [-0.3, -0.25) is 10.3 Å². The van der Waals surface area contributed by atoms with E-state index < -0.39 is 30.8 Å². The summed E-state index contributed by atoms with van der Waals surface area (Å²) in [4.78, 5) is 11.9. The third kappa shape index (κ3) is 4.21. The number of nitrogens with zero attached hydrogens (tertiary/aromatic N) is 2. The van der Waals surface area contributed by atoms with E-state index in [1.807, 2.05) is 0 Å². The first-order chi connectivity index (χ1) is 13.0. The van der Waals surface area contributed by atoms with Crippen molar-refractivity contribution >= 4 is 11.7 Å². The standard InChI is InChI=1S/C18H20F5N3O2/c1-25-14(12-8-17(19,20)9-12)13(11-6-4-3-5-7-11)15(26(25)2)24-16(27)28-10-18(21,22)23/h3-7,12,14H,8-10H2,1-2H3,(H,24,27). The first-order valence-corrected chi connectivity index (χ1v) is 8.63. The Hall–Kier alpha value is -2.36. The maximum atomic E-state index is 13.5. The first-order valence-electron chi connectivity index (χ1n) is 8.63. The molecule has 0 bridgehead atoms. The van der Waals surface area contributed by atoms with Crippen LogP contribution in [0.1, 0.15) is 18.4 Å². The highest BCUT2D eigenvalue weighted by Gasteiger charge is 2.53. The number of amides is 1. The fourth-order valence-corrected chi connectivity index (χ4v) is 3.67. The maximum Gasteiger partial charge on any atom is 0.422 e. The molecular weight excluding hydrogens is 385 g/mol. The molecule has 0 saturated heterocycles. The Morgan fingerprint density at radius 1 is 1.21 bits per heavy atom. The number of rotatable bonds is 4. The van der Waals surface area contributed by atoms with Gasteiger partial charge in [0.2, 0.25) is 5.92 Å². The third-order valence-corrected chi connectivity index (χ3v) is 4.99. The summed E-state index contributed by atoms with van der Waals surface area (Å²) in [6, 6.07) is 8.36. The second kappa shape index (κ2) is 7.23. The maximum absolute atomic E-state index is 13.5. The van der Waals surface area contributed by atoms with E-state index in [4.69, 9.17) is 0 Å². The van der Waals surface area contributed by atoms with E-state index in [-0.39, 0.29) is 24.6 Å². The Morgan fingerprint density at radius 3 is 2.36 bits per heavy atom. The molecule has 154 valence electrons. The number of hydrazine groups is 1. The zero-order valence-corrected chi connectivity index (χ0v) is 15.3. The summed E-state index contributed by atoms with van der Waals surface area (Å²) in [5, 5.41) is 5.57. The number of hydrogen-bond acceptors (Lipinski definition) is 4. The van der Waals surface area contributed by atoms with E-state index >= 15 is 0 Å². The molecule has 2 aliphatic rings. The fraction of sp³-hybridized carbons (Fsp3) is 0.500. The minimum atomic E-state index is -4.65. The van der Waals surface area contributed by atoms with Crippen molar-refractivity contribution in [2.75, 3.05) is 20.7 Å². The Labute approximate surface area is 158 Å². The number of alkyl halides is 5. The molecule has 1 unspecified atom stereocenters. The van der Waals surface area contributed by atoms with Gasteiger partial charge >= 0.3 is 12.3 Å². The van der Waals surface area contributed by atoms with Crippen molar-refractivity contribution in [1.29, 1.82) is 0 Å². The van der Waals surface area contributed by atoms with Gasteiger partial charge in [0, 0.05) is 32.5 Å². The largest absolute Gasteiger partial charge is 0.440 e. The Balaban J connectivity index is 1.90. The van der Waals surface area contributed by atoms with Crippen LogP contribution in [0.2, 0.25) is 0 Å². The van der Waals surface area contributed by atoms with Crippen molar-refractivity contribution in [1.82, 2.24) is 15.3 Å². The van der Waals surface area contributed by atoms with E-state index in [9.17, 15) is 26.7 Å². The first kappa shape index (κ1) is 20.4. The van der Waals surface area contributed by atoms with E-state index in [2.05, 4.69) is 10.1 Å². The van der Waals surface area contributed by atoms with E-state index in [1.54, 1.807) is 49.4 Å². The number of benzene rings is 1. The number of carbonyl (C=O) groups is 1. The van der Waals surface area contributed by atoms with E-state index in [0.717, 1.165) is 0 Å². The molecule has 3 rings (SSSR count). The molecule has 28 heavy (non-hydrogen) atoms. The summed E-state index contributed by atoms with van der Waals surface area (Å²) in [7, 11) is 3.28. The van der Waals surface area contributed by atoms with Gasteiger partial charge in [0.15, 0.2) is 6.61 Å². The molecule has 0 radical (unpaired) electrons. The summed E-state index contributed by atoms with van der Waals surface area (Å²) in [5.41, 5.74) is 1.25. The summed E-state index contributed by atoms with van der Waals surface area (Å²) >= 11 is 0. The molecule has 1 saturated carbocycles. The minimum Gasteiger partial charge on any atom is -0.440 e. The van der Waals surface area contributed by atoms with Crippen molar-refractivity contribution < 1.29 is 31.5 Å². The van der Waals surface area contributed by atoms with Gasteiger partial charge in [0.1, 0.15) is 5.82 Å². The Bertz CT molecular complexity index is 758. The number of ether oxygens (including phenoxy) is 1. The average molecular weight is 405 g/mol. The van der Waals surface area contributed by atoms with Gasteiger partial charge in [-0.1, -0.05) is 30.3 Å². The molecule has 1 N–H and O–H groups in total. The van der Waals surface area contributed by atoms with Crippen molar-refractivity contribution in [3.8, 4) is 0 Å². The lowest BCUT2D eigenvalue weighted by Gasteiger charge is -2.42. The molecule has 1 aromatic carbocycles. The molecule has 1 aliphatic carbocycles. The smallest absolute Gasteiger partial charge is 0.422 e. The summed E-state index contributed by atoms with van der Waals surface area (Å²) in [6.07, 6.45) is -6.50. The van der Waals surface area contributed by atoms with Crippen LogP contribution in [0.25, 0.3) is 5.57 Å². The molecule has 5 nitrogen and oxygen atoms in total. The van der Waals surface area contributed by atoms with Crippen LogP contribution in [0.5, 0.6) is 0 Å². The number of alkyl carbamates (subject to hydrolysis) is 1. The molecule has 0 spiro atoms. The van der Waals surface area contributed by atoms with E-state index in [1.165, 1.54) is 5.01 Å². The highest BCUT2D eigenvalue weighted by atomic mass is 19.4. The van der Waals surface area contributed by atoms with Crippen molar-refractivity contribution in [2.24, 2.45) is 5.92 Å². The highest BCUT2D eigenvalue weighted by molar-refractivity contribution is 5.79. The van der Waals surface area contributed by atoms with Crippen LogP contribution in [0.4, 0.5) is 26.7 Å². The lowest BCUT2D eigenvalue weighted by molar-refractivity contribution is -0.160. The number of nitrogens with one attached hydrogen (secondary N) is 1. The second-order valence-corrected chi connectivity index (χ2v) is 7.01. The van der Waals surface area contributed by atoms with Crippen molar-refractivity contribution in [3.63, 3.8) is 0 Å². The fourth-order valence-electron chi connectivity index (χ4n) is 3.67. The molecular formula is C18H20F5N3O2. The molecule has 1 aliphatic heterocycles. The quantitative estimate of drug-likeness (QED) is 0.773. The Kier molecular flexibility index (Phi) is 5.26. The highest BCUT2D eigenvalue weighted by Crippen LogP contribution is 2.50. The number of carbonyl (C=O) groups excluding carboxylic acids is 1. The topological polar surface area (TPSA) is 44.8 Å². The molecule has 1 fully saturated rings. The van der Waals surface area contributed by atoms with Crippen LogP contribution < -0.4 is 5.32 Å². The van der Waals surface area contributed by atoms with Gasteiger partial charge in [-0.2, -0.15) is 13.2 Å². The molecule has 10 heteroatoms. The molecule has 0 aromatic heterocycles. The lowest BCUT2D eigenvalue weighted by atomic mass is 9.73. The van der Waals surface area contributed by atoms with Crippen LogP contribution in [0.3, 0.4) is 0 Å². The lowest BCUT2D eigenvalue weighted by Crippen LogP contribution is -2.49. The van der Waals surface area contributed by atoms with Gasteiger partial charge in [-0.25, -0.2) is 18.6 Å². The third-order valence-electron chi connectivity index (χ3n) is 4.99. The monoisotopic (exact) mass is 405 g/mol. The molecule has 1 amide bonds. The zero-order valence-electron chi connectivity index (χ0n) is 15.3. The minimum absolute atomic E-state index is 0.209. The van der Waals surface area contributed by atoms with Crippen LogP contribution in [0, 0.1) is 5.92 Å².